The molecule has 158 valence electrons. The molecule has 1 aromatic carbocycles. The summed E-state index contributed by atoms with van der Waals surface area (Å²) in [6.07, 6.45) is 3.87. The van der Waals surface area contributed by atoms with Crippen molar-refractivity contribution in [2.45, 2.75) is 25.7 Å². The van der Waals surface area contributed by atoms with E-state index >= 15 is 0 Å². The predicted molar refractivity (Wildman–Crippen MR) is 124 cm³/mol. The van der Waals surface area contributed by atoms with Gasteiger partial charge >= 0.3 is 5.97 Å². The SMILES string of the molecule is COc1ccc(Br)cc1-c1ccc(C=C2SC(=S)N(CCCCCC(=O)O)C2=O)o1. The number of carboxylic acids is 1. The number of unbranched alkanes of at least 4 members (excludes halogenated alkanes) is 2. The van der Waals surface area contributed by atoms with Crippen LogP contribution in [-0.4, -0.2) is 39.9 Å². The van der Waals surface area contributed by atoms with Gasteiger partial charge in [-0.05, 0) is 43.2 Å². The van der Waals surface area contributed by atoms with Crippen molar-refractivity contribution in [2.24, 2.45) is 0 Å². The first-order valence-electron chi connectivity index (χ1n) is 9.30. The van der Waals surface area contributed by atoms with Gasteiger partial charge in [0.1, 0.15) is 21.6 Å². The summed E-state index contributed by atoms with van der Waals surface area (Å²) < 4.78 is 12.7. The van der Waals surface area contributed by atoms with Crippen LogP contribution >= 0.6 is 39.9 Å². The molecule has 1 amide bonds. The Hall–Kier alpha value is -2.10. The van der Waals surface area contributed by atoms with Crippen molar-refractivity contribution < 1.29 is 23.8 Å². The van der Waals surface area contributed by atoms with Gasteiger partial charge in [0.25, 0.3) is 5.91 Å². The van der Waals surface area contributed by atoms with E-state index in [1.165, 1.54) is 11.8 Å². The van der Waals surface area contributed by atoms with Gasteiger partial charge < -0.3 is 14.3 Å². The summed E-state index contributed by atoms with van der Waals surface area (Å²) in [5.74, 6) is 0.915. The van der Waals surface area contributed by atoms with Gasteiger partial charge in [0.2, 0.25) is 0 Å². The van der Waals surface area contributed by atoms with Crippen LogP contribution in [-0.2, 0) is 9.59 Å². The Bertz CT molecular complexity index is 1000. The van der Waals surface area contributed by atoms with Crippen LogP contribution in [0.5, 0.6) is 5.75 Å². The number of thioether (sulfide) groups is 1. The molecule has 1 aliphatic rings. The zero-order valence-corrected chi connectivity index (χ0v) is 19.4. The van der Waals surface area contributed by atoms with E-state index in [0.29, 0.717) is 45.9 Å². The van der Waals surface area contributed by atoms with Gasteiger partial charge in [-0.25, -0.2) is 0 Å². The van der Waals surface area contributed by atoms with Crippen molar-refractivity contribution in [3.63, 3.8) is 0 Å². The molecule has 2 aromatic rings. The second-order valence-corrected chi connectivity index (χ2v) is 9.18. The topological polar surface area (TPSA) is 80.0 Å². The summed E-state index contributed by atoms with van der Waals surface area (Å²) in [5, 5.41) is 8.69. The fourth-order valence-corrected chi connectivity index (χ4v) is 4.64. The zero-order valence-electron chi connectivity index (χ0n) is 16.2. The summed E-state index contributed by atoms with van der Waals surface area (Å²) in [7, 11) is 1.60. The molecule has 1 aromatic heterocycles. The second kappa shape index (κ2) is 10.3. The number of hydrogen-bond acceptors (Lipinski definition) is 6. The second-order valence-electron chi connectivity index (χ2n) is 6.58. The van der Waals surface area contributed by atoms with Crippen LogP contribution in [0.2, 0.25) is 0 Å². The molecule has 0 aliphatic carbocycles. The monoisotopic (exact) mass is 509 g/mol. The molecule has 0 radical (unpaired) electrons. The molecule has 9 heteroatoms. The van der Waals surface area contributed by atoms with E-state index < -0.39 is 5.97 Å². The van der Waals surface area contributed by atoms with Gasteiger partial charge in [-0.1, -0.05) is 46.3 Å². The normalized spacial score (nSPS) is 15.3. The molecule has 0 saturated carbocycles. The number of rotatable bonds is 9. The van der Waals surface area contributed by atoms with Gasteiger partial charge in [0.05, 0.1) is 17.6 Å². The third-order valence-corrected chi connectivity index (χ3v) is 6.34. The molecule has 6 nitrogen and oxygen atoms in total. The van der Waals surface area contributed by atoms with Crippen LogP contribution in [0.3, 0.4) is 0 Å². The zero-order chi connectivity index (χ0) is 21.7. The molecule has 2 heterocycles. The van der Waals surface area contributed by atoms with E-state index in [1.54, 1.807) is 24.2 Å². The highest BCUT2D eigenvalue weighted by molar-refractivity contribution is 9.10. The number of methoxy groups -OCH3 is 1. The molecule has 30 heavy (non-hydrogen) atoms. The quantitative estimate of drug-likeness (QED) is 0.269. The number of amides is 1. The fourth-order valence-electron chi connectivity index (χ4n) is 2.99. The largest absolute Gasteiger partial charge is 0.496 e. The minimum atomic E-state index is -0.804. The van der Waals surface area contributed by atoms with Crippen molar-refractivity contribution in [1.29, 1.82) is 0 Å². The minimum Gasteiger partial charge on any atom is -0.496 e. The maximum absolute atomic E-state index is 12.7. The highest BCUT2D eigenvalue weighted by Crippen LogP contribution is 2.36. The van der Waals surface area contributed by atoms with Crippen molar-refractivity contribution in [2.75, 3.05) is 13.7 Å². The van der Waals surface area contributed by atoms with E-state index in [-0.39, 0.29) is 12.3 Å². The van der Waals surface area contributed by atoms with Gasteiger partial charge in [0.15, 0.2) is 0 Å². The first-order chi connectivity index (χ1) is 14.4. The molecule has 3 rings (SSSR count). The number of hydrogen-bond donors (Lipinski definition) is 1. The van der Waals surface area contributed by atoms with E-state index in [1.807, 2.05) is 24.3 Å². The summed E-state index contributed by atoms with van der Waals surface area (Å²) in [6, 6.07) is 9.28. The number of carboxylic acid groups (broad SMARTS) is 1. The smallest absolute Gasteiger partial charge is 0.303 e. The number of carbonyl (C=O) groups is 2. The van der Waals surface area contributed by atoms with Gasteiger partial charge in [-0.3, -0.25) is 14.5 Å². The van der Waals surface area contributed by atoms with E-state index in [0.717, 1.165) is 16.5 Å². The molecule has 0 unspecified atom stereocenters. The number of furan rings is 1. The molecule has 0 bridgehead atoms. The third kappa shape index (κ3) is 5.53. The summed E-state index contributed by atoms with van der Waals surface area (Å²) >= 11 is 10.0. The van der Waals surface area contributed by atoms with E-state index in [4.69, 9.17) is 26.5 Å². The van der Waals surface area contributed by atoms with Crippen LogP contribution in [0.4, 0.5) is 0 Å². The molecule has 1 fully saturated rings. The lowest BCUT2D eigenvalue weighted by Gasteiger charge is -2.13. The Morgan fingerprint density at radius 2 is 2.10 bits per heavy atom. The molecule has 1 saturated heterocycles. The maximum Gasteiger partial charge on any atom is 0.303 e. The van der Waals surface area contributed by atoms with E-state index in [9.17, 15) is 9.59 Å². The maximum atomic E-state index is 12.7. The highest BCUT2D eigenvalue weighted by atomic mass is 79.9. The van der Waals surface area contributed by atoms with Crippen LogP contribution < -0.4 is 4.74 Å². The Morgan fingerprint density at radius 1 is 1.30 bits per heavy atom. The number of thiocarbonyl (C=S) groups is 1. The van der Waals surface area contributed by atoms with Crippen LogP contribution in [0.15, 0.2) is 44.1 Å². The van der Waals surface area contributed by atoms with Crippen LogP contribution in [0.1, 0.15) is 31.4 Å². The molecular weight excluding hydrogens is 490 g/mol. The highest BCUT2D eigenvalue weighted by Gasteiger charge is 2.31. The molecular formula is C21H20BrNO5S2. The Kier molecular flexibility index (Phi) is 7.74. The molecule has 0 spiro atoms. The molecule has 0 atom stereocenters. The summed E-state index contributed by atoms with van der Waals surface area (Å²) in [6.45, 7) is 0.486. The van der Waals surface area contributed by atoms with E-state index in [2.05, 4.69) is 15.9 Å². The van der Waals surface area contributed by atoms with Crippen molar-refractivity contribution in [3.05, 3.63) is 45.5 Å². The lowest BCUT2D eigenvalue weighted by molar-refractivity contribution is -0.137. The number of aliphatic carboxylic acids is 1. The minimum absolute atomic E-state index is 0.141. The van der Waals surface area contributed by atoms with Crippen molar-refractivity contribution in [3.8, 4) is 17.1 Å². The Morgan fingerprint density at radius 3 is 2.83 bits per heavy atom. The number of nitrogens with zero attached hydrogens (tertiary/aromatic N) is 1. The number of halogens is 1. The van der Waals surface area contributed by atoms with Gasteiger partial charge in [-0.2, -0.15) is 0 Å². The van der Waals surface area contributed by atoms with Crippen molar-refractivity contribution in [1.82, 2.24) is 4.90 Å². The average molecular weight is 510 g/mol. The first-order valence-corrected chi connectivity index (χ1v) is 11.3. The Balaban J connectivity index is 1.68. The first kappa shape index (κ1) is 22.6. The number of benzene rings is 1. The lowest BCUT2D eigenvalue weighted by Crippen LogP contribution is -2.29. The average Bonchev–Trinajstić information content (AvgIpc) is 3.27. The van der Waals surface area contributed by atoms with Gasteiger partial charge in [-0.15, -0.1) is 0 Å². The van der Waals surface area contributed by atoms with Crippen molar-refractivity contribution >= 4 is 62.2 Å². The number of ether oxygens (including phenoxy) is 1. The standard InChI is InChI=1S/C21H20BrNO5S2/c1-27-16-8-6-13(22)11-15(16)17-9-7-14(28-17)12-18-20(26)23(21(29)30-18)10-4-2-3-5-19(24)25/h6-9,11-12H,2-5,10H2,1H3,(H,24,25). The summed E-state index contributed by atoms with van der Waals surface area (Å²) in [4.78, 5) is 25.3. The molecule has 1 aliphatic heterocycles. The van der Waals surface area contributed by atoms with Crippen LogP contribution in [0, 0.1) is 0 Å². The fraction of sp³-hybridized carbons (Fsp3) is 0.286. The summed E-state index contributed by atoms with van der Waals surface area (Å²) in [5.41, 5.74) is 0.806. The van der Waals surface area contributed by atoms with Crippen LogP contribution in [0.25, 0.3) is 17.4 Å². The number of carbonyl (C=O) groups excluding carboxylic acids is 1. The predicted octanol–water partition coefficient (Wildman–Crippen LogP) is 5.56. The third-order valence-electron chi connectivity index (χ3n) is 4.47. The lowest BCUT2D eigenvalue weighted by atomic mass is 10.1. The molecule has 1 N–H and O–H groups in total. The van der Waals surface area contributed by atoms with Gasteiger partial charge in [0, 0.05) is 23.5 Å². The Labute approximate surface area is 192 Å².